The van der Waals surface area contributed by atoms with Crippen molar-refractivity contribution < 1.29 is 0 Å². The van der Waals surface area contributed by atoms with E-state index in [9.17, 15) is 0 Å². The number of hydrogen-bond donors (Lipinski definition) is 2. The highest BCUT2D eigenvalue weighted by Gasteiger charge is 2.21. The van der Waals surface area contributed by atoms with Gasteiger partial charge in [-0.2, -0.15) is 0 Å². The lowest BCUT2D eigenvalue weighted by molar-refractivity contribution is 0.322. The fraction of sp³-hybridized carbons (Fsp3) is 0.733. The van der Waals surface area contributed by atoms with Crippen LogP contribution in [0.15, 0.2) is 0 Å². The average molecular weight is 277 g/mol. The van der Waals surface area contributed by atoms with Gasteiger partial charge in [0.2, 0.25) is 0 Å². The van der Waals surface area contributed by atoms with E-state index in [1.807, 2.05) is 7.05 Å². The second-order valence-corrected chi connectivity index (χ2v) is 5.97. The van der Waals surface area contributed by atoms with E-state index in [-0.39, 0.29) is 0 Å². The highest BCUT2D eigenvalue weighted by Crippen LogP contribution is 2.23. The van der Waals surface area contributed by atoms with Gasteiger partial charge >= 0.3 is 0 Å². The highest BCUT2D eigenvalue weighted by atomic mass is 15.2. The van der Waals surface area contributed by atoms with Crippen molar-refractivity contribution in [2.45, 2.75) is 45.6 Å². The molecule has 1 atom stereocenters. The number of nitrogens with zero attached hydrogens (tertiary/aromatic N) is 3. The zero-order valence-corrected chi connectivity index (χ0v) is 13.3. The fourth-order valence-corrected chi connectivity index (χ4v) is 2.66. The summed E-state index contributed by atoms with van der Waals surface area (Å²) in [5.74, 6) is 3.11. The van der Waals surface area contributed by atoms with Gasteiger partial charge < -0.3 is 15.5 Å². The second-order valence-electron chi connectivity index (χ2n) is 5.97. The molecule has 0 aliphatic carbocycles. The van der Waals surface area contributed by atoms with Crippen LogP contribution < -0.4 is 10.6 Å². The number of likely N-dealkylation sites (N-methyl/N-ethyl adjacent to an activating group) is 1. The third-order valence-corrected chi connectivity index (χ3v) is 4.09. The van der Waals surface area contributed by atoms with Gasteiger partial charge in [0.1, 0.15) is 17.5 Å². The third-order valence-electron chi connectivity index (χ3n) is 4.09. The largest absolute Gasteiger partial charge is 0.373 e. The molecule has 0 spiro atoms. The van der Waals surface area contributed by atoms with E-state index < -0.39 is 0 Å². The highest BCUT2D eigenvalue weighted by molar-refractivity contribution is 5.57. The quantitative estimate of drug-likeness (QED) is 0.866. The van der Waals surface area contributed by atoms with Crippen LogP contribution in [0.1, 0.15) is 44.0 Å². The van der Waals surface area contributed by atoms with Gasteiger partial charge in [0, 0.05) is 31.1 Å². The first-order valence-electron chi connectivity index (χ1n) is 7.53. The molecule has 1 unspecified atom stereocenters. The normalized spacial score (nSPS) is 19.6. The molecule has 1 saturated heterocycles. The molecule has 5 nitrogen and oxygen atoms in total. The van der Waals surface area contributed by atoms with Crippen molar-refractivity contribution in [3.05, 3.63) is 11.4 Å². The smallest absolute Gasteiger partial charge is 0.135 e. The van der Waals surface area contributed by atoms with Gasteiger partial charge in [-0.25, -0.2) is 9.97 Å². The van der Waals surface area contributed by atoms with Crippen LogP contribution in [0.25, 0.3) is 0 Å². The molecule has 1 fully saturated rings. The fourth-order valence-electron chi connectivity index (χ4n) is 2.66. The van der Waals surface area contributed by atoms with Gasteiger partial charge in [-0.3, -0.25) is 0 Å². The third kappa shape index (κ3) is 3.20. The Morgan fingerprint density at radius 2 is 2.00 bits per heavy atom. The van der Waals surface area contributed by atoms with Gasteiger partial charge in [-0.05, 0) is 33.4 Å². The first-order chi connectivity index (χ1) is 9.52. The molecule has 20 heavy (non-hydrogen) atoms. The molecule has 1 aromatic heterocycles. The van der Waals surface area contributed by atoms with Crippen molar-refractivity contribution in [2.75, 3.05) is 37.8 Å². The summed E-state index contributed by atoms with van der Waals surface area (Å²) < 4.78 is 0. The minimum Gasteiger partial charge on any atom is -0.373 e. The summed E-state index contributed by atoms with van der Waals surface area (Å²) in [6, 6.07) is 0.616. The number of aromatic nitrogens is 2. The van der Waals surface area contributed by atoms with Crippen LogP contribution in [0.2, 0.25) is 0 Å². The molecule has 0 bridgehead atoms. The number of nitrogens with one attached hydrogen (secondary N) is 2. The lowest BCUT2D eigenvalue weighted by atomic mass is 10.2. The molecular formula is C15H27N5. The molecular weight excluding hydrogens is 250 g/mol. The van der Waals surface area contributed by atoms with Crippen molar-refractivity contribution in [2.24, 2.45) is 0 Å². The van der Waals surface area contributed by atoms with E-state index in [0.717, 1.165) is 29.6 Å². The number of hydrogen-bond acceptors (Lipinski definition) is 5. The maximum Gasteiger partial charge on any atom is 0.135 e. The van der Waals surface area contributed by atoms with Crippen molar-refractivity contribution in [3.63, 3.8) is 0 Å². The molecule has 2 N–H and O–H groups in total. The first-order valence-corrected chi connectivity index (χ1v) is 7.53. The number of likely N-dealkylation sites (tertiary alicyclic amines) is 1. The second kappa shape index (κ2) is 6.39. The van der Waals surface area contributed by atoms with Crippen LogP contribution in [0, 0.1) is 6.92 Å². The van der Waals surface area contributed by atoms with E-state index in [1.165, 1.54) is 19.4 Å². The van der Waals surface area contributed by atoms with E-state index >= 15 is 0 Å². The molecule has 0 aromatic carbocycles. The molecule has 1 aliphatic rings. The van der Waals surface area contributed by atoms with Gasteiger partial charge in [-0.15, -0.1) is 0 Å². The minimum absolute atomic E-state index is 0.331. The Hall–Kier alpha value is -1.36. The molecule has 1 aromatic rings. The minimum atomic E-state index is 0.331. The Labute approximate surface area is 122 Å². The molecule has 2 heterocycles. The van der Waals surface area contributed by atoms with Gasteiger partial charge in [-0.1, -0.05) is 13.8 Å². The average Bonchev–Trinajstić information content (AvgIpc) is 2.83. The van der Waals surface area contributed by atoms with Gasteiger partial charge in [0.25, 0.3) is 0 Å². The zero-order valence-electron chi connectivity index (χ0n) is 13.3. The Balaban J connectivity index is 2.15. The summed E-state index contributed by atoms with van der Waals surface area (Å²) in [6.07, 6.45) is 2.56. The van der Waals surface area contributed by atoms with Crippen molar-refractivity contribution in [3.8, 4) is 0 Å². The number of anilines is 2. The van der Waals surface area contributed by atoms with E-state index in [1.54, 1.807) is 0 Å². The summed E-state index contributed by atoms with van der Waals surface area (Å²) in [5, 5.41) is 6.69. The van der Waals surface area contributed by atoms with Crippen molar-refractivity contribution in [1.82, 2.24) is 14.9 Å². The molecule has 0 amide bonds. The standard InChI is InChI=1S/C15H27N5/c1-10(2)13-18-14(16-4)11(3)15(19-13)17-9-12-7-6-8-20(12)5/h10,12H,6-9H2,1-5H3,(H2,16,17,18,19). The Bertz CT molecular complexity index is 458. The van der Waals surface area contributed by atoms with E-state index in [2.05, 4.69) is 53.3 Å². The molecule has 0 radical (unpaired) electrons. The number of rotatable bonds is 5. The lowest BCUT2D eigenvalue weighted by Crippen LogP contribution is -2.32. The monoisotopic (exact) mass is 277 g/mol. The Morgan fingerprint density at radius 1 is 1.30 bits per heavy atom. The summed E-state index contributed by atoms with van der Waals surface area (Å²) in [7, 11) is 4.11. The molecule has 0 saturated carbocycles. The Morgan fingerprint density at radius 3 is 2.55 bits per heavy atom. The zero-order chi connectivity index (χ0) is 14.7. The predicted molar refractivity (Wildman–Crippen MR) is 84.5 cm³/mol. The van der Waals surface area contributed by atoms with E-state index in [4.69, 9.17) is 0 Å². The van der Waals surface area contributed by atoms with Crippen molar-refractivity contribution >= 4 is 11.6 Å². The van der Waals surface area contributed by atoms with Crippen LogP contribution in [0.3, 0.4) is 0 Å². The lowest BCUT2D eigenvalue weighted by Gasteiger charge is -2.21. The summed E-state index contributed by atoms with van der Waals surface area (Å²) in [6.45, 7) is 8.47. The maximum atomic E-state index is 4.69. The predicted octanol–water partition coefficient (Wildman–Crippen LogP) is 2.46. The van der Waals surface area contributed by atoms with Gasteiger partial charge in [0.15, 0.2) is 0 Å². The summed E-state index contributed by atoms with van der Waals surface area (Å²) in [4.78, 5) is 11.7. The van der Waals surface area contributed by atoms with Gasteiger partial charge in [0.05, 0.1) is 0 Å². The SMILES string of the molecule is CNc1nc(C(C)C)nc(NCC2CCCN2C)c1C. The van der Waals surface area contributed by atoms with Crippen LogP contribution in [-0.4, -0.2) is 48.1 Å². The first kappa shape index (κ1) is 15.0. The molecule has 5 heteroatoms. The van der Waals surface area contributed by atoms with Crippen LogP contribution in [0.4, 0.5) is 11.6 Å². The van der Waals surface area contributed by atoms with Crippen LogP contribution in [-0.2, 0) is 0 Å². The van der Waals surface area contributed by atoms with Crippen LogP contribution >= 0.6 is 0 Å². The molecule has 2 rings (SSSR count). The summed E-state index contributed by atoms with van der Waals surface area (Å²) >= 11 is 0. The molecule has 1 aliphatic heterocycles. The van der Waals surface area contributed by atoms with E-state index in [0.29, 0.717) is 12.0 Å². The summed E-state index contributed by atoms with van der Waals surface area (Å²) in [5.41, 5.74) is 1.09. The maximum absolute atomic E-state index is 4.69. The topological polar surface area (TPSA) is 53.1 Å². The Kier molecular flexibility index (Phi) is 4.81. The molecule has 112 valence electrons. The van der Waals surface area contributed by atoms with Crippen LogP contribution in [0.5, 0.6) is 0 Å². The van der Waals surface area contributed by atoms with Crippen molar-refractivity contribution in [1.29, 1.82) is 0 Å².